The van der Waals surface area contributed by atoms with E-state index in [1.54, 1.807) is 4.90 Å². The number of hydrogen-bond acceptors (Lipinski definition) is 1. The molecule has 1 aliphatic rings. The Morgan fingerprint density at radius 2 is 2.00 bits per heavy atom. The summed E-state index contributed by atoms with van der Waals surface area (Å²) in [5, 5.41) is 0. The lowest BCUT2D eigenvalue weighted by atomic mass is 10.2. The van der Waals surface area contributed by atoms with Crippen LogP contribution in [-0.2, 0) is 4.79 Å². The molecule has 0 unspecified atom stereocenters. The number of amides is 1. The molecule has 0 aromatic heterocycles. The summed E-state index contributed by atoms with van der Waals surface area (Å²) in [6, 6.07) is 7.89. The standard InChI is InChI=1S/C13H13NO/c1-11-7-4-5-8-12(11)14-10-6-2-3-9-13(14)15/h2-8,10H,9H2,1H3. The van der Waals surface area contributed by atoms with E-state index in [0.717, 1.165) is 11.3 Å². The van der Waals surface area contributed by atoms with Gasteiger partial charge in [0, 0.05) is 12.6 Å². The molecule has 0 aliphatic carbocycles. The maximum absolute atomic E-state index is 11.8. The van der Waals surface area contributed by atoms with Crippen molar-refractivity contribution in [3.63, 3.8) is 0 Å². The number of carbonyl (C=O) groups is 1. The van der Waals surface area contributed by atoms with Crippen molar-refractivity contribution in [2.45, 2.75) is 13.3 Å². The van der Waals surface area contributed by atoms with Crippen molar-refractivity contribution < 1.29 is 4.79 Å². The van der Waals surface area contributed by atoms with Gasteiger partial charge in [0.1, 0.15) is 0 Å². The van der Waals surface area contributed by atoms with E-state index >= 15 is 0 Å². The third-order valence-corrected chi connectivity index (χ3v) is 2.42. The van der Waals surface area contributed by atoms with Gasteiger partial charge in [-0.15, -0.1) is 0 Å². The van der Waals surface area contributed by atoms with Crippen molar-refractivity contribution >= 4 is 11.6 Å². The largest absolute Gasteiger partial charge is 0.287 e. The van der Waals surface area contributed by atoms with E-state index in [4.69, 9.17) is 0 Å². The van der Waals surface area contributed by atoms with Gasteiger partial charge in [-0.2, -0.15) is 0 Å². The number of aryl methyl sites for hydroxylation is 1. The fourth-order valence-electron chi connectivity index (χ4n) is 1.61. The molecule has 0 bridgehead atoms. The molecule has 1 aliphatic heterocycles. The smallest absolute Gasteiger partial charge is 0.234 e. The lowest BCUT2D eigenvalue weighted by Gasteiger charge is -2.19. The zero-order valence-electron chi connectivity index (χ0n) is 8.68. The second-order valence-electron chi connectivity index (χ2n) is 3.52. The Morgan fingerprint density at radius 3 is 2.80 bits per heavy atom. The summed E-state index contributed by atoms with van der Waals surface area (Å²) in [6.45, 7) is 2.01. The highest BCUT2D eigenvalue weighted by molar-refractivity contribution is 5.97. The average Bonchev–Trinajstić information content (AvgIpc) is 2.44. The average molecular weight is 199 g/mol. The van der Waals surface area contributed by atoms with E-state index in [2.05, 4.69) is 0 Å². The topological polar surface area (TPSA) is 20.3 Å². The molecule has 15 heavy (non-hydrogen) atoms. The van der Waals surface area contributed by atoms with Gasteiger partial charge >= 0.3 is 0 Å². The fourth-order valence-corrected chi connectivity index (χ4v) is 1.61. The van der Waals surface area contributed by atoms with Crippen LogP contribution >= 0.6 is 0 Å². The lowest BCUT2D eigenvalue weighted by molar-refractivity contribution is -0.117. The van der Waals surface area contributed by atoms with Gasteiger partial charge in [0.15, 0.2) is 0 Å². The number of anilines is 1. The Bertz CT molecular complexity index is 432. The lowest BCUT2D eigenvalue weighted by Crippen LogP contribution is -2.24. The number of hydrogen-bond donors (Lipinski definition) is 0. The first-order chi connectivity index (χ1) is 7.29. The van der Waals surface area contributed by atoms with Gasteiger partial charge in [-0.1, -0.05) is 30.4 Å². The highest BCUT2D eigenvalue weighted by Gasteiger charge is 2.14. The van der Waals surface area contributed by atoms with Crippen LogP contribution in [0.15, 0.2) is 48.7 Å². The van der Waals surface area contributed by atoms with Crippen molar-refractivity contribution in [1.29, 1.82) is 0 Å². The second kappa shape index (κ2) is 4.13. The molecule has 76 valence electrons. The molecule has 1 aromatic rings. The molecule has 0 N–H and O–H groups in total. The molecule has 0 fully saturated rings. The molecule has 0 spiro atoms. The number of rotatable bonds is 1. The van der Waals surface area contributed by atoms with Crippen LogP contribution in [0.3, 0.4) is 0 Å². The quantitative estimate of drug-likeness (QED) is 0.681. The monoisotopic (exact) mass is 199 g/mol. The summed E-state index contributed by atoms with van der Waals surface area (Å²) in [7, 11) is 0. The van der Waals surface area contributed by atoms with E-state index < -0.39 is 0 Å². The molecule has 1 aromatic carbocycles. The van der Waals surface area contributed by atoms with Gasteiger partial charge in [-0.05, 0) is 24.6 Å². The maximum Gasteiger partial charge on any atom is 0.234 e. The fraction of sp³-hybridized carbons (Fsp3) is 0.154. The molecule has 0 saturated carbocycles. The first-order valence-corrected chi connectivity index (χ1v) is 5.00. The summed E-state index contributed by atoms with van der Waals surface area (Å²) in [5.41, 5.74) is 2.07. The Kier molecular flexibility index (Phi) is 2.68. The zero-order chi connectivity index (χ0) is 10.7. The van der Waals surface area contributed by atoms with E-state index in [-0.39, 0.29) is 5.91 Å². The maximum atomic E-state index is 11.8. The number of nitrogens with zero attached hydrogens (tertiary/aromatic N) is 1. The van der Waals surface area contributed by atoms with E-state index in [1.165, 1.54) is 0 Å². The Morgan fingerprint density at radius 1 is 1.20 bits per heavy atom. The molecular weight excluding hydrogens is 186 g/mol. The van der Waals surface area contributed by atoms with Crippen molar-refractivity contribution in [2.75, 3.05) is 4.90 Å². The van der Waals surface area contributed by atoms with Crippen LogP contribution in [0.2, 0.25) is 0 Å². The summed E-state index contributed by atoms with van der Waals surface area (Å²) < 4.78 is 0. The minimum absolute atomic E-state index is 0.106. The molecule has 2 nitrogen and oxygen atoms in total. The number of para-hydroxylation sites is 1. The van der Waals surface area contributed by atoms with Crippen molar-refractivity contribution in [3.05, 3.63) is 54.3 Å². The Labute approximate surface area is 89.5 Å². The van der Waals surface area contributed by atoms with Gasteiger partial charge in [0.05, 0.1) is 5.69 Å². The second-order valence-corrected chi connectivity index (χ2v) is 3.52. The predicted molar refractivity (Wildman–Crippen MR) is 61.6 cm³/mol. The highest BCUT2D eigenvalue weighted by Crippen LogP contribution is 2.21. The third kappa shape index (κ3) is 1.99. The number of allylic oxidation sites excluding steroid dienone is 2. The third-order valence-electron chi connectivity index (χ3n) is 2.42. The van der Waals surface area contributed by atoms with E-state index in [0.29, 0.717) is 6.42 Å². The Balaban J connectivity index is 2.38. The van der Waals surface area contributed by atoms with Crippen molar-refractivity contribution in [3.8, 4) is 0 Å². The summed E-state index contributed by atoms with van der Waals surface area (Å²) in [6.07, 6.45) is 7.93. The van der Waals surface area contributed by atoms with Crippen LogP contribution in [0.1, 0.15) is 12.0 Å². The minimum atomic E-state index is 0.106. The summed E-state index contributed by atoms with van der Waals surface area (Å²) >= 11 is 0. The van der Waals surface area contributed by atoms with Crippen molar-refractivity contribution in [2.24, 2.45) is 0 Å². The minimum Gasteiger partial charge on any atom is -0.287 e. The van der Waals surface area contributed by atoms with Gasteiger partial charge in [0.25, 0.3) is 0 Å². The SMILES string of the molecule is Cc1ccccc1N1C=CC=CCC1=O. The first-order valence-electron chi connectivity index (χ1n) is 5.00. The molecule has 1 heterocycles. The van der Waals surface area contributed by atoms with Crippen LogP contribution < -0.4 is 4.90 Å². The van der Waals surface area contributed by atoms with Gasteiger partial charge in [-0.3, -0.25) is 9.69 Å². The Hall–Kier alpha value is -1.83. The predicted octanol–water partition coefficient (Wildman–Crippen LogP) is 2.80. The number of carbonyl (C=O) groups excluding carboxylic acids is 1. The van der Waals surface area contributed by atoms with Crippen molar-refractivity contribution in [1.82, 2.24) is 0 Å². The first kappa shape index (κ1) is 9.71. The summed E-state index contributed by atoms with van der Waals surface area (Å²) in [4.78, 5) is 13.5. The normalized spacial score (nSPS) is 15.5. The molecule has 0 radical (unpaired) electrons. The van der Waals surface area contributed by atoms with E-state index in [9.17, 15) is 4.79 Å². The van der Waals surface area contributed by atoms with Crippen LogP contribution in [0.4, 0.5) is 5.69 Å². The molecule has 1 amide bonds. The zero-order valence-corrected chi connectivity index (χ0v) is 8.68. The molecule has 0 atom stereocenters. The van der Waals surface area contributed by atoms with Crippen LogP contribution in [-0.4, -0.2) is 5.91 Å². The van der Waals surface area contributed by atoms with Gasteiger partial charge < -0.3 is 0 Å². The molecule has 2 heteroatoms. The molecular formula is C13H13NO. The summed E-state index contributed by atoms with van der Waals surface area (Å²) in [5.74, 6) is 0.106. The molecule has 0 saturated heterocycles. The number of benzene rings is 1. The van der Waals surface area contributed by atoms with Gasteiger partial charge in [0.2, 0.25) is 5.91 Å². The van der Waals surface area contributed by atoms with Gasteiger partial charge in [-0.25, -0.2) is 0 Å². The van der Waals surface area contributed by atoms with E-state index in [1.807, 2.05) is 55.6 Å². The highest BCUT2D eigenvalue weighted by atomic mass is 16.2. The van der Waals surface area contributed by atoms with Crippen LogP contribution in [0, 0.1) is 6.92 Å². The molecule has 2 rings (SSSR count). The van der Waals surface area contributed by atoms with Crippen LogP contribution in [0.5, 0.6) is 0 Å². The van der Waals surface area contributed by atoms with Crippen LogP contribution in [0.25, 0.3) is 0 Å².